The highest BCUT2D eigenvalue weighted by atomic mass is 16.2. The topological polar surface area (TPSA) is 23.6 Å². The molecule has 2 aliphatic heterocycles. The largest absolute Gasteiger partial charge is 0.342 e. The average Bonchev–Trinajstić information content (AvgIpc) is 2.54. The Labute approximate surface area is 134 Å². The van der Waals surface area contributed by atoms with Crippen LogP contribution < -0.4 is 0 Å². The maximum absolute atomic E-state index is 11.9. The summed E-state index contributed by atoms with van der Waals surface area (Å²) in [4.78, 5) is 16.5. The Hall–Kier alpha value is -1.35. The van der Waals surface area contributed by atoms with Gasteiger partial charge in [-0.3, -0.25) is 9.69 Å². The Balaban J connectivity index is 1.56. The van der Waals surface area contributed by atoms with Crippen molar-refractivity contribution in [1.29, 1.82) is 0 Å². The van der Waals surface area contributed by atoms with Gasteiger partial charge in [0.2, 0.25) is 5.91 Å². The quantitative estimate of drug-likeness (QED) is 0.856. The lowest BCUT2D eigenvalue weighted by Gasteiger charge is -2.47. The number of carbonyl (C=O) groups is 1. The van der Waals surface area contributed by atoms with E-state index in [1.807, 2.05) is 0 Å². The molecule has 120 valence electrons. The lowest BCUT2D eigenvalue weighted by molar-refractivity contribution is -0.138. The number of rotatable bonds is 3. The molecule has 2 fully saturated rings. The SMILES string of the molecule is CCN1CC2(CCC1=O)CCN(Cc1ccc(C)cc1)CC2. The monoisotopic (exact) mass is 300 g/mol. The van der Waals surface area contributed by atoms with Gasteiger partial charge in [-0.1, -0.05) is 29.8 Å². The van der Waals surface area contributed by atoms with Crippen LogP contribution in [0.5, 0.6) is 0 Å². The van der Waals surface area contributed by atoms with Crippen LogP contribution in [0.15, 0.2) is 24.3 Å². The molecule has 0 unspecified atom stereocenters. The number of hydrogen-bond acceptors (Lipinski definition) is 2. The third-order valence-corrected chi connectivity index (χ3v) is 5.57. The molecule has 0 radical (unpaired) electrons. The summed E-state index contributed by atoms with van der Waals surface area (Å²) in [7, 11) is 0. The molecule has 2 heterocycles. The van der Waals surface area contributed by atoms with E-state index in [1.165, 1.54) is 37.1 Å². The van der Waals surface area contributed by atoms with Crippen LogP contribution in [0.4, 0.5) is 0 Å². The van der Waals surface area contributed by atoms with Gasteiger partial charge < -0.3 is 4.90 Å². The van der Waals surface area contributed by atoms with Crippen molar-refractivity contribution in [3.63, 3.8) is 0 Å². The van der Waals surface area contributed by atoms with Crippen LogP contribution in [0.1, 0.15) is 43.7 Å². The molecule has 3 rings (SSSR count). The van der Waals surface area contributed by atoms with Crippen molar-refractivity contribution >= 4 is 5.91 Å². The van der Waals surface area contributed by atoms with E-state index in [-0.39, 0.29) is 0 Å². The maximum Gasteiger partial charge on any atom is 0.222 e. The molecule has 2 saturated heterocycles. The van der Waals surface area contributed by atoms with Gasteiger partial charge in [0.25, 0.3) is 0 Å². The molecule has 1 spiro atoms. The summed E-state index contributed by atoms with van der Waals surface area (Å²) >= 11 is 0. The predicted molar refractivity (Wildman–Crippen MR) is 89.6 cm³/mol. The normalized spacial score (nSPS) is 22.3. The zero-order valence-corrected chi connectivity index (χ0v) is 14.0. The average molecular weight is 300 g/mol. The van der Waals surface area contributed by atoms with Gasteiger partial charge in [-0.15, -0.1) is 0 Å². The fourth-order valence-electron chi connectivity index (χ4n) is 3.94. The van der Waals surface area contributed by atoms with Crippen LogP contribution in [0, 0.1) is 12.3 Å². The smallest absolute Gasteiger partial charge is 0.222 e. The van der Waals surface area contributed by atoms with Crippen LogP contribution >= 0.6 is 0 Å². The summed E-state index contributed by atoms with van der Waals surface area (Å²) < 4.78 is 0. The minimum absolute atomic E-state index is 0.357. The Morgan fingerprint density at radius 2 is 1.77 bits per heavy atom. The lowest BCUT2D eigenvalue weighted by Crippen LogP contribution is -2.51. The molecule has 3 nitrogen and oxygen atoms in total. The summed E-state index contributed by atoms with van der Waals surface area (Å²) in [5.41, 5.74) is 3.14. The summed E-state index contributed by atoms with van der Waals surface area (Å²) in [6.45, 7) is 9.49. The number of benzene rings is 1. The van der Waals surface area contributed by atoms with E-state index in [0.717, 1.165) is 32.5 Å². The van der Waals surface area contributed by atoms with Crippen molar-refractivity contribution in [3.8, 4) is 0 Å². The van der Waals surface area contributed by atoms with E-state index in [2.05, 4.69) is 47.9 Å². The molecule has 0 aliphatic carbocycles. The molecule has 3 heteroatoms. The zero-order valence-electron chi connectivity index (χ0n) is 14.0. The van der Waals surface area contributed by atoms with Crippen molar-refractivity contribution in [1.82, 2.24) is 9.80 Å². The highest BCUT2D eigenvalue weighted by molar-refractivity contribution is 5.77. The molecule has 22 heavy (non-hydrogen) atoms. The van der Waals surface area contributed by atoms with Gasteiger partial charge in [0, 0.05) is 26.1 Å². The van der Waals surface area contributed by atoms with E-state index in [1.54, 1.807) is 0 Å². The third-order valence-electron chi connectivity index (χ3n) is 5.57. The molecule has 0 atom stereocenters. The highest BCUT2D eigenvalue weighted by Gasteiger charge is 2.40. The van der Waals surface area contributed by atoms with Gasteiger partial charge >= 0.3 is 0 Å². The van der Waals surface area contributed by atoms with Gasteiger partial charge in [0.1, 0.15) is 0 Å². The first-order valence-corrected chi connectivity index (χ1v) is 8.66. The lowest BCUT2D eigenvalue weighted by atomic mass is 9.72. The fourth-order valence-corrected chi connectivity index (χ4v) is 3.94. The summed E-state index contributed by atoms with van der Waals surface area (Å²) in [6, 6.07) is 8.90. The number of hydrogen-bond donors (Lipinski definition) is 0. The first kappa shape index (κ1) is 15.5. The van der Waals surface area contributed by atoms with Crippen molar-refractivity contribution in [2.45, 2.75) is 46.1 Å². The second kappa shape index (κ2) is 6.41. The van der Waals surface area contributed by atoms with Crippen LogP contribution in [0.3, 0.4) is 0 Å². The van der Waals surface area contributed by atoms with Crippen LogP contribution in [-0.2, 0) is 11.3 Å². The molecule has 1 aromatic rings. The predicted octanol–water partition coefficient (Wildman–Crippen LogP) is 3.22. The van der Waals surface area contributed by atoms with E-state index < -0.39 is 0 Å². The molecule has 2 aliphatic rings. The first-order valence-electron chi connectivity index (χ1n) is 8.66. The molecule has 1 amide bonds. The molecule has 0 N–H and O–H groups in total. The number of carbonyl (C=O) groups excluding carboxylic acids is 1. The Morgan fingerprint density at radius 1 is 1.09 bits per heavy atom. The van der Waals surface area contributed by atoms with E-state index in [0.29, 0.717) is 11.3 Å². The van der Waals surface area contributed by atoms with Gasteiger partial charge in [-0.05, 0) is 57.2 Å². The fraction of sp³-hybridized carbons (Fsp3) is 0.632. The third kappa shape index (κ3) is 3.35. The Morgan fingerprint density at radius 3 is 2.41 bits per heavy atom. The first-order chi connectivity index (χ1) is 10.6. The van der Waals surface area contributed by atoms with Crippen molar-refractivity contribution in [3.05, 3.63) is 35.4 Å². The van der Waals surface area contributed by atoms with Gasteiger partial charge in [-0.2, -0.15) is 0 Å². The highest BCUT2D eigenvalue weighted by Crippen LogP contribution is 2.40. The summed E-state index contributed by atoms with van der Waals surface area (Å²) in [5, 5.41) is 0. The van der Waals surface area contributed by atoms with Crippen LogP contribution in [-0.4, -0.2) is 41.9 Å². The number of amides is 1. The van der Waals surface area contributed by atoms with Gasteiger partial charge in [0.15, 0.2) is 0 Å². The van der Waals surface area contributed by atoms with E-state index in [4.69, 9.17) is 0 Å². The second-order valence-electron chi connectivity index (χ2n) is 7.17. The number of aryl methyl sites for hydroxylation is 1. The molecule has 0 saturated carbocycles. The number of piperidine rings is 2. The maximum atomic E-state index is 11.9. The van der Waals surface area contributed by atoms with Gasteiger partial charge in [0.05, 0.1) is 0 Å². The van der Waals surface area contributed by atoms with Crippen molar-refractivity contribution in [2.75, 3.05) is 26.2 Å². The molecule has 1 aromatic carbocycles. The van der Waals surface area contributed by atoms with Gasteiger partial charge in [-0.25, -0.2) is 0 Å². The second-order valence-corrected chi connectivity index (χ2v) is 7.17. The number of nitrogens with zero attached hydrogens (tertiary/aromatic N) is 2. The van der Waals surface area contributed by atoms with Crippen LogP contribution in [0.25, 0.3) is 0 Å². The molecular weight excluding hydrogens is 272 g/mol. The minimum atomic E-state index is 0.357. The standard InChI is InChI=1S/C19H28N2O/c1-3-21-15-19(9-8-18(21)22)10-12-20(13-11-19)14-17-6-4-16(2)5-7-17/h4-7H,3,8-15H2,1-2H3. The zero-order chi connectivity index (χ0) is 15.6. The number of likely N-dealkylation sites (tertiary alicyclic amines) is 2. The van der Waals surface area contributed by atoms with E-state index in [9.17, 15) is 4.79 Å². The molecule has 0 aromatic heterocycles. The van der Waals surface area contributed by atoms with Crippen molar-refractivity contribution in [2.24, 2.45) is 5.41 Å². The minimum Gasteiger partial charge on any atom is -0.342 e. The Kier molecular flexibility index (Phi) is 4.53. The van der Waals surface area contributed by atoms with E-state index >= 15 is 0 Å². The molecular formula is C19H28N2O. The van der Waals surface area contributed by atoms with Crippen LogP contribution in [0.2, 0.25) is 0 Å². The Bertz CT molecular complexity index is 515. The summed E-state index contributed by atoms with van der Waals surface area (Å²) in [5.74, 6) is 0.357. The van der Waals surface area contributed by atoms with Crippen molar-refractivity contribution < 1.29 is 4.79 Å². The summed E-state index contributed by atoms with van der Waals surface area (Å²) in [6.07, 6.45) is 4.33. The molecule has 0 bridgehead atoms.